The smallest absolute Gasteiger partial charge is 0.178 e. The second-order valence-electron chi connectivity index (χ2n) is 6.01. The monoisotopic (exact) mass is 297 g/mol. The highest BCUT2D eigenvalue weighted by molar-refractivity contribution is 7.71. The number of pyridine rings is 1. The first-order chi connectivity index (χ1) is 10.3. The molecule has 0 amide bonds. The summed E-state index contributed by atoms with van der Waals surface area (Å²) in [5.41, 5.74) is 3.20. The zero-order valence-corrected chi connectivity index (χ0v) is 12.3. The fraction of sp³-hybridized carbons (Fsp3) is 0.375. The minimum Gasteiger partial charge on any atom is -0.373 e. The van der Waals surface area contributed by atoms with Crippen LogP contribution in [0.15, 0.2) is 30.5 Å². The van der Waals surface area contributed by atoms with E-state index in [0.29, 0.717) is 18.2 Å². The first-order valence-corrected chi connectivity index (χ1v) is 7.85. The lowest BCUT2D eigenvalue weighted by Gasteiger charge is -2.21. The van der Waals surface area contributed by atoms with Crippen LogP contribution in [0, 0.1) is 4.77 Å². The molecule has 5 rings (SSSR count). The van der Waals surface area contributed by atoms with E-state index in [2.05, 4.69) is 26.7 Å². The highest BCUT2D eigenvalue weighted by atomic mass is 32.1. The van der Waals surface area contributed by atoms with E-state index in [1.165, 1.54) is 11.9 Å². The summed E-state index contributed by atoms with van der Waals surface area (Å²) in [4.78, 5) is 7.83. The number of ether oxygens (including phenoxy) is 1. The van der Waals surface area contributed by atoms with E-state index >= 15 is 0 Å². The molecule has 1 N–H and O–H groups in total. The maximum absolute atomic E-state index is 6.03. The molecule has 2 bridgehead atoms. The van der Waals surface area contributed by atoms with Gasteiger partial charge < -0.3 is 14.3 Å². The molecule has 1 aromatic carbocycles. The number of rotatable bonds is 1. The van der Waals surface area contributed by atoms with E-state index in [0.717, 1.165) is 34.0 Å². The van der Waals surface area contributed by atoms with Gasteiger partial charge >= 0.3 is 0 Å². The van der Waals surface area contributed by atoms with Crippen LogP contribution in [0.1, 0.15) is 25.3 Å². The molecule has 0 aliphatic carbocycles. The molecule has 3 atom stereocenters. The first kappa shape index (κ1) is 11.9. The second kappa shape index (κ2) is 4.15. The SMILES string of the molecule is S=c1[nH]c2cnc3ccccc3c2n1C1CC2CCC1O2. The van der Waals surface area contributed by atoms with Gasteiger partial charge in [-0.2, -0.15) is 0 Å². The molecule has 3 unspecified atom stereocenters. The summed E-state index contributed by atoms with van der Waals surface area (Å²) in [5, 5.41) is 1.16. The number of fused-ring (bicyclic) bond motifs is 5. The Morgan fingerprint density at radius 1 is 1.29 bits per heavy atom. The Labute approximate surface area is 126 Å². The van der Waals surface area contributed by atoms with Crippen LogP contribution in [0.2, 0.25) is 0 Å². The van der Waals surface area contributed by atoms with E-state index in [1.807, 2.05) is 18.3 Å². The van der Waals surface area contributed by atoms with E-state index in [9.17, 15) is 0 Å². The highest BCUT2D eigenvalue weighted by Gasteiger charge is 2.42. The summed E-state index contributed by atoms with van der Waals surface area (Å²) in [6.07, 6.45) is 6.03. The molecule has 0 spiro atoms. The normalized spacial score (nSPS) is 27.9. The largest absolute Gasteiger partial charge is 0.373 e. The number of hydrogen-bond donors (Lipinski definition) is 1. The zero-order chi connectivity index (χ0) is 14.0. The topological polar surface area (TPSA) is 42.8 Å². The number of aromatic amines is 1. The van der Waals surface area contributed by atoms with Gasteiger partial charge in [0.2, 0.25) is 0 Å². The van der Waals surface area contributed by atoms with Gasteiger partial charge in [0.25, 0.3) is 0 Å². The van der Waals surface area contributed by atoms with Crippen molar-refractivity contribution in [1.29, 1.82) is 0 Å². The molecule has 21 heavy (non-hydrogen) atoms. The van der Waals surface area contributed by atoms with Gasteiger partial charge in [-0.25, -0.2) is 0 Å². The summed E-state index contributed by atoms with van der Waals surface area (Å²) in [7, 11) is 0. The Morgan fingerprint density at radius 2 is 2.19 bits per heavy atom. The predicted octanol–water partition coefficient (Wildman–Crippen LogP) is 3.74. The molecule has 4 nitrogen and oxygen atoms in total. The molecule has 5 heteroatoms. The van der Waals surface area contributed by atoms with Gasteiger partial charge in [0.1, 0.15) is 0 Å². The number of para-hydroxylation sites is 1. The van der Waals surface area contributed by atoms with Crippen LogP contribution in [0.5, 0.6) is 0 Å². The van der Waals surface area contributed by atoms with Gasteiger partial charge in [0.15, 0.2) is 4.77 Å². The van der Waals surface area contributed by atoms with Crippen LogP contribution >= 0.6 is 12.2 Å². The van der Waals surface area contributed by atoms with Crippen LogP contribution in [0.3, 0.4) is 0 Å². The Balaban J connectivity index is 1.84. The summed E-state index contributed by atoms with van der Waals surface area (Å²) >= 11 is 5.59. The molecular formula is C16H15N3OS. The third-order valence-corrected chi connectivity index (χ3v) is 5.15. The minimum atomic E-state index is 0.313. The van der Waals surface area contributed by atoms with Crippen molar-refractivity contribution in [2.24, 2.45) is 0 Å². The molecule has 2 aromatic heterocycles. The molecule has 106 valence electrons. The lowest BCUT2D eigenvalue weighted by molar-refractivity contribution is 0.0942. The second-order valence-corrected chi connectivity index (χ2v) is 6.40. The average molecular weight is 297 g/mol. The maximum Gasteiger partial charge on any atom is 0.178 e. The van der Waals surface area contributed by atoms with Crippen molar-refractivity contribution < 1.29 is 4.74 Å². The molecule has 0 radical (unpaired) electrons. The summed E-state index contributed by atoms with van der Waals surface area (Å²) in [5.74, 6) is 0. The number of aromatic nitrogens is 3. The van der Waals surface area contributed by atoms with Crippen molar-refractivity contribution in [2.75, 3.05) is 0 Å². The van der Waals surface area contributed by atoms with Crippen LogP contribution in [0.25, 0.3) is 21.9 Å². The number of benzene rings is 1. The van der Waals surface area contributed by atoms with Crippen molar-refractivity contribution in [2.45, 2.75) is 37.5 Å². The third kappa shape index (κ3) is 1.59. The van der Waals surface area contributed by atoms with Gasteiger partial charge in [-0.1, -0.05) is 18.2 Å². The van der Waals surface area contributed by atoms with Gasteiger partial charge in [0.05, 0.1) is 41.0 Å². The average Bonchev–Trinajstić information content (AvgIpc) is 3.19. The van der Waals surface area contributed by atoms with Gasteiger partial charge in [-0.3, -0.25) is 4.98 Å². The molecular weight excluding hydrogens is 282 g/mol. The number of hydrogen-bond acceptors (Lipinski definition) is 3. The van der Waals surface area contributed by atoms with Crippen molar-refractivity contribution in [3.8, 4) is 0 Å². The molecule has 2 aliphatic rings. The lowest BCUT2D eigenvalue weighted by Crippen LogP contribution is -2.21. The standard InChI is InChI=1S/C16H15N3OS/c21-16-18-12-8-17-11-4-2-1-3-10(11)15(12)19(16)13-7-9-5-6-14(13)20-9/h1-4,8-9,13-14H,5-7H2,(H,18,21). The number of nitrogens with zero attached hydrogens (tertiary/aromatic N) is 2. The third-order valence-electron chi connectivity index (χ3n) is 4.85. The van der Waals surface area contributed by atoms with Crippen molar-refractivity contribution in [3.05, 3.63) is 35.2 Å². The number of H-pyrrole nitrogens is 1. The fourth-order valence-corrected chi connectivity index (χ4v) is 4.29. The first-order valence-electron chi connectivity index (χ1n) is 7.45. The molecule has 0 saturated carbocycles. The van der Waals surface area contributed by atoms with Crippen LogP contribution in [-0.2, 0) is 4.74 Å². The van der Waals surface area contributed by atoms with Crippen LogP contribution in [0.4, 0.5) is 0 Å². The molecule has 2 fully saturated rings. The Morgan fingerprint density at radius 3 is 3.00 bits per heavy atom. The van der Waals surface area contributed by atoms with Crippen molar-refractivity contribution in [3.63, 3.8) is 0 Å². The van der Waals surface area contributed by atoms with Crippen molar-refractivity contribution in [1.82, 2.24) is 14.5 Å². The zero-order valence-electron chi connectivity index (χ0n) is 11.5. The lowest BCUT2D eigenvalue weighted by atomic mass is 9.95. The molecule has 2 saturated heterocycles. The van der Waals surface area contributed by atoms with E-state index < -0.39 is 0 Å². The van der Waals surface area contributed by atoms with Gasteiger partial charge in [-0.05, 0) is 37.5 Å². The van der Waals surface area contributed by atoms with E-state index in [-0.39, 0.29) is 0 Å². The summed E-state index contributed by atoms with van der Waals surface area (Å²) in [6.45, 7) is 0. The summed E-state index contributed by atoms with van der Waals surface area (Å²) in [6, 6.07) is 8.61. The molecule has 4 heterocycles. The number of imidazole rings is 1. The highest BCUT2D eigenvalue weighted by Crippen LogP contribution is 2.43. The van der Waals surface area contributed by atoms with Crippen LogP contribution in [-0.4, -0.2) is 26.7 Å². The fourth-order valence-electron chi connectivity index (χ4n) is 3.95. The number of nitrogens with one attached hydrogen (secondary N) is 1. The quantitative estimate of drug-likeness (QED) is 0.696. The van der Waals surface area contributed by atoms with Crippen molar-refractivity contribution >= 4 is 34.2 Å². The van der Waals surface area contributed by atoms with E-state index in [1.54, 1.807) is 0 Å². The molecule has 2 aliphatic heterocycles. The van der Waals surface area contributed by atoms with E-state index in [4.69, 9.17) is 17.0 Å². The Bertz CT molecular complexity index is 913. The molecule has 3 aromatic rings. The Hall–Kier alpha value is -1.72. The summed E-state index contributed by atoms with van der Waals surface area (Å²) < 4.78 is 9.09. The minimum absolute atomic E-state index is 0.313. The Kier molecular flexibility index (Phi) is 2.35. The maximum atomic E-state index is 6.03. The van der Waals surface area contributed by atoms with Gasteiger partial charge in [-0.15, -0.1) is 0 Å². The predicted molar refractivity (Wildman–Crippen MR) is 84.0 cm³/mol. The van der Waals surface area contributed by atoms with Crippen LogP contribution < -0.4 is 0 Å². The van der Waals surface area contributed by atoms with Gasteiger partial charge in [0, 0.05) is 5.39 Å².